The van der Waals surface area contributed by atoms with Gasteiger partial charge in [0.05, 0.1) is 21.4 Å². The molecule has 0 fully saturated rings. The molecule has 1 aromatic heterocycles. The topological polar surface area (TPSA) is 54.5 Å². The summed E-state index contributed by atoms with van der Waals surface area (Å²) in [6.07, 6.45) is 0.663. The van der Waals surface area contributed by atoms with Gasteiger partial charge in [-0.2, -0.15) is 5.26 Å². The van der Waals surface area contributed by atoms with Gasteiger partial charge in [-0.05, 0) is 24.6 Å². The third-order valence-electron chi connectivity index (χ3n) is 2.35. The van der Waals surface area contributed by atoms with E-state index in [-0.39, 0.29) is 0 Å². The second-order valence-electron chi connectivity index (χ2n) is 3.36. The minimum absolute atomic E-state index is 0.332. The SMILES string of the molecule is CCc1c(C#N)nnn1-c1ccc(Cl)c(Cl)c1. The van der Waals surface area contributed by atoms with Gasteiger partial charge in [0.15, 0.2) is 5.69 Å². The normalized spacial score (nSPS) is 10.2. The average Bonchev–Trinajstić information content (AvgIpc) is 2.75. The third kappa shape index (κ3) is 2.12. The molecule has 1 aromatic carbocycles. The quantitative estimate of drug-likeness (QED) is 0.840. The zero-order valence-electron chi connectivity index (χ0n) is 8.98. The van der Waals surface area contributed by atoms with Crippen LogP contribution in [0.4, 0.5) is 0 Å². The molecule has 0 aliphatic heterocycles. The Bertz CT molecular complexity index is 598. The molecule has 0 saturated heterocycles. The Kier molecular flexibility index (Phi) is 3.32. The molecule has 0 spiro atoms. The highest BCUT2D eigenvalue weighted by atomic mass is 35.5. The molecule has 1 heterocycles. The molecular formula is C11H8Cl2N4. The maximum Gasteiger partial charge on any atom is 0.186 e. The molecule has 0 atom stereocenters. The fourth-order valence-electron chi connectivity index (χ4n) is 1.53. The van der Waals surface area contributed by atoms with Crippen LogP contribution in [0.25, 0.3) is 5.69 Å². The number of aromatic nitrogens is 3. The largest absolute Gasteiger partial charge is 0.216 e. The lowest BCUT2D eigenvalue weighted by molar-refractivity contribution is 0.767. The maximum absolute atomic E-state index is 8.90. The molecule has 0 aliphatic carbocycles. The van der Waals surface area contributed by atoms with Crippen molar-refractivity contribution in [1.82, 2.24) is 15.0 Å². The third-order valence-corrected chi connectivity index (χ3v) is 3.09. The summed E-state index contributed by atoms with van der Waals surface area (Å²) in [5.74, 6) is 0. The molecule has 0 aliphatic rings. The molecule has 2 rings (SSSR count). The van der Waals surface area contributed by atoms with E-state index in [0.717, 1.165) is 11.4 Å². The van der Waals surface area contributed by atoms with E-state index in [1.165, 1.54) is 0 Å². The lowest BCUT2D eigenvalue weighted by Crippen LogP contribution is -2.02. The van der Waals surface area contributed by atoms with Crippen LogP contribution in [0.5, 0.6) is 0 Å². The number of rotatable bonds is 2. The zero-order valence-corrected chi connectivity index (χ0v) is 10.5. The van der Waals surface area contributed by atoms with E-state index in [1.54, 1.807) is 22.9 Å². The van der Waals surface area contributed by atoms with Gasteiger partial charge in [0.25, 0.3) is 0 Å². The van der Waals surface area contributed by atoms with Crippen LogP contribution in [-0.4, -0.2) is 15.0 Å². The van der Waals surface area contributed by atoms with Gasteiger partial charge in [-0.3, -0.25) is 0 Å². The first-order chi connectivity index (χ1) is 8.17. The second-order valence-corrected chi connectivity index (χ2v) is 4.17. The Hall–Kier alpha value is -1.57. The monoisotopic (exact) mass is 266 g/mol. The second kappa shape index (κ2) is 4.74. The zero-order chi connectivity index (χ0) is 12.4. The van der Waals surface area contributed by atoms with Crippen molar-refractivity contribution in [2.75, 3.05) is 0 Å². The lowest BCUT2D eigenvalue weighted by atomic mass is 10.2. The van der Waals surface area contributed by atoms with Crippen molar-refractivity contribution in [1.29, 1.82) is 5.26 Å². The molecule has 6 heteroatoms. The summed E-state index contributed by atoms with van der Waals surface area (Å²) in [5.41, 5.74) is 1.83. The molecule has 0 amide bonds. The number of nitrogens with zero attached hydrogens (tertiary/aromatic N) is 4. The highest BCUT2D eigenvalue weighted by molar-refractivity contribution is 6.42. The smallest absolute Gasteiger partial charge is 0.186 e. The molecule has 0 saturated carbocycles. The molecule has 4 nitrogen and oxygen atoms in total. The van der Waals surface area contributed by atoms with Crippen molar-refractivity contribution in [2.24, 2.45) is 0 Å². The standard InChI is InChI=1S/C11H8Cl2N4/c1-2-11-10(6-14)15-16-17(11)7-3-4-8(12)9(13)5-7/h3-5H,2H2,1H3. The van der Waals surface area contributed by atoms with Gasteiger partial charge < -0.3 is 0 Å². The molecule has 0 radical (unpaired) electrons. The first-order valence-corrected chi connectivity index (χ1v) is 5.73. The maximum atomic E-state index is 8.90. The number of benzene rings is 1. The summed E-state index contributed by atoms with van der Waals surface area (Å²) in [4.78, 5) is 0. The Morgan fingerprint density at radius 1 is 1.35 bits per heavy atom. The van der Waals surface area contributed by atoms with E-state index in [9.17, 15) is 0 Å². The Balaban J connectivity index is 2.57. The van der Waals surface area contributed by atoms with Gasteiger partial charge in [-0.25, -0.2) is 4.68 Å². The molecule has 0 N–H and O–H groups in total. The fraction of sp³-hybridized carbons (Fsp3) is 0.182. The number of nitriles is 1. The molecule has 0 unspecified atom stereocenters. The number of hydrogen-bond acceptors (Lipinski definition) is 3. The van der Waals surface area contributed by atoms with Gasteiger partial charge in [0.1, 0.15) is 6.07 Å². The van der Waals surface area contributed by atoms with Crippen LogP contribution in [0.2, 0.25) is 10.0 Å². The van der Waals surface area contributed by atoms with Crippen LogP contribution in [0.15, 0.2) is 18.2 Å². The first-order valence-electron chi connectivity index (χ1n) is 4.97. The minimum Gasteiger partial charge on any atom is -0.216 e. The van der Waals surface area contributed by atoms with Crippen LogP contribution < -0.4 is 0 Å². The van der Waals surface area contributed by atoms with E-state index in [2.05, 4.69) is 10.3 Å². The summed E-state index contributed by atoms with van der Waals surface area (Å²) in [6.45, 7) is 1.94. The van der Waals surface area contributed by atoms with Crippen molar-refractivity contribution < 1.29 is 0 Å². The van der Waals surface area contributed by atoms with Gasteiger partial charge in [-0.1, -0.05) is 35.3 Å². The highest BCUT2D eigenvalue weighted by Gasteiger charge is 2.12. The van der Waals surface area contributed by atoms with Crippen LogP contribution in [0.3, 0.4) is 0 Å². The minimum atomic E-state index is 0.332. The number of halogens is 2. The van der Waals surface area contributed by atoms with Crippen LogP contribution in [-0.2, 0) is 6.42 Å². The lowest BCUT2D eigenvalue weighted by Gasteiger charge is -2.05. The van der Waals surface area contributed by atoms with Crippen molar-refractivity contribution in [3.05, 3.63) is 39.6 Å². The summed E-state index contributed by atoms with van der Waals surface area (Å²) >= 11 is 11.8. The summed E-state index contributed by atoms with van der Waals surface area (Å²) in [6, 6.07) is 7.17. The van der Waals surface area contributed by atoms with Gasteiger partial charge in [-0.15, -0.1) is 5.10 Å². The van der Waals surface area contributed by atoms with E-state index in [0.29, 0.717) is 22.2 Å². The first kappa shape index (κ1) is 11.9. The van der Waals surface area contributed by atoms with Gasteiger partial charge in [0, 0.05) is 0 Å². The molecule has 2 aromatic rings. The van der Waals surface area contributed by atoms with Crippen LogP contribution in [0, 0.1) is 11.3 Å². The highest BCUT2D eigenvalue weighted by Crippen LogP contribution is 2.25. The van der Waals surface area contributed by atoms with E-state index in [1.807, 2.05) is 13.0 Å². The molecule has 86 valence electrons. The summed E-state index contributed by atoms with van der Waals surface area (Å²) < 4.78 is 1.60. The van der Waals surface area contributed by atoms with Gasteiger partial charge in [0.2, 0.25) is 0 Å². The van der Waals surface area contributed by atoms with Crippen molar-refractivity contribution >= 4 is 23.2 Å². The Morgan fingerprint density at radius 2 is 2.12 bits per heavy atom. The predicted molar refractivity (Wildman–Crippen MR) is 65.5 cm³/mol. The van der Waals surface area contributed by atoms with Crippen LogP contribution in [0.1, 0.15) is 18.3 Å². The molecule has 0 bridgehead atoms. The average molecular weight is 267 g/mol. The molecular weight excluding hydrogens is 259 g/mol. The van der Waals surface area contributed by atoms with Gasteiger partial charge >= 0.3 is 0 Å². The van der Waals surface area contributed by atoms with Crippen molar-refractivity contribution in [2.45, 2.75) is 13.3 Å². The number of hydrogen-bond donors (Lipinski definition) is 0. The van der Waals surface area contributed by atoms with Crippen LogP contribution >= 0.6 is 23.2 Å². The Labute approximate surface area is 108 Å². The predicted octanol–water partition coefficient (Wildman–Crippen LogP) is 3.01. The van der Waals surface area contributed by atoms with E-state index < -0.39 is 0 Å². The summed E-state index contributed by atoms with van der Waals surface area (Å²) in [5, 5.41) is 17.6. The van der Waals surface area contributed by atoms with E-state index in [4.69, 9.17) is 28.5 Å². The Morgan fingerprint density at radius 3 is 2.71 bits per heavy atom. The fourth-order valence-corrected chi connectivity index (χ4v) is 1.82. The summed E-state index contributed by atoms with van der Waals surface area (Å²) in [7, 11) is 0. The van der Waals surface area contributed by atoms with Crippen molar-refractivity contribution in [3.8, 4) is 11.8 Å². The van der Waals surface area contributed by atoms with Crippen molar-refractivity contribution in [3.63, 3.8) is 0 Å². The molecule has 17 heavy (non-hydrogen) atoms. The van der Waals surface area contributed by atoms with E-state index >= 15 is 0 Å².